The van der Waals surface area contributed by atoms with E-state index >= 15 is 0 Å². The van der Waals surface area contributed by atoms with Crippen molar-refractivity contribution in [2.24, 2.45) is 0 Å². The van der Waals surface area contributed by atoms with Gasteiger partial charge >= 0.3 is 0 Å². The lowest BCUT2D eigenvalue weighted by Crippen LogP contribution is -2.32. The van der Waals surface area contributed by atoms with Gasteiger partial charge in [-0.15, -0.1) is 0 Å². The molecule has 6 heteroatoms. The van der Waals surface area contributed by atoms with Crippen molar-refractivity contribution in [3.63, 3.8) is 0 Å². The molecule has 0 heterocycles. The van der Waals surface area contributed by atoms with E-state index in [4.69, 9.17) is 0 Å². The van der Waals surface area contributed by atoms with Crippen LogP contribution in [0.1, 0.15) is 25.0 Å². The standard InChI is InChI=1S/C21H26FN3O2/c1-3-25(16(2)26)15-18-6-4-5-7-20(18)24-14-21(27)23-13-12-17-8-10-19(22)11-9-17/h4-11,24H,3,12-15H2,1-2H3,(H,23,27). The summed E-state index contributed by atoms with van der Waals surface area (Å²) >= 11 is 0. The molecule has 27 heavy (non-hydrogen) atoms. The van der Waals surface area contributed by atoms with Gasteiger partial charge in [-0.05, 0) is 42.7 Å². The van der Waals surface area contributed by atoms with E-state index in [1.54, 1.807) is 24.0 Å². The first-order chi connectivity index (χ1) is 13.0. The number of carbonyl (C=O) groups excluding carboxylic acids is 2. The van der Waals surface area contributed by atoms with Gasteiger partial charge in [0.05, 0.1) is 6.54 Å². The highest BCUT2D eigenvalue weighted by Crippen LogP contribution is 2.17. The molecule has 0 aromatic heterocycles. The Hall–Kier alpha value is -2.89. The normalized spacial score (nSPS) is 10.3. The fourth-order valence-electron chi connectivity index (χ4n) is 2.72. The summed E-state index contributed by atoms with van der Waals surface area (Å²) in [5.41, 5.74) is 2.78. The van der Waals surface area contributed by atoms with Crippen LogP contribution in [0.25, 0.3) is 0 Å². The number of rotatable bonds is 9. The molecule has 144 valence electrons. The second-order valence-corrected chi connectivity index (χ2v) is 6.27. The fourth-order valence-corrected chi connectivity index (χ4v) is 2.72. The predicted molar refractivity (Wildman–Crippen MR) is 105 cm³/mol. The van der Waals surface area contributed by atoms with Crippen LogP contribution < -0.4 is 10.6 Å². The van der Waals surface area contributed by atoms with Crippen molar-refractivity contribution in [3.8, 4) is 0 Å². The van der Waals surface area contributed by atoms with E-state index in [9.17, 15) is 14.0 Å². The van der Waals surface area contributed by atoms with Gasteiger partial charge in [-0.1, -0.05) is 30.3 Å². The number of nitrogens with one attached hydrogen (secondary N) is 2. The monoisotopic (exact) mass is 371 g/mol. The lowest BCUT2D eigenvalue weighted by atomic mass is 10.1. The highest BCUT2D eigenvalue weighted by atomic mass is 19.1. The van der Waals surface area contributed by atoms with Crippen molar-refractivity contribution in [1.82, 2.24) is 10.2 Å². The van der Waals surface area contributed by atoms with Crippen LogP contribution in [0.4, 0.5) is 10.1 Å². The zero-order valence-corrected chi connectivity index (χ0v) is 15.8. The van der Waals surface area contributed by atoms with E-state index in [2.05, 4.69) is 10.6 Å². The number of hydrogen-bond acceptors (Lipinski definition) is 3. The van der Waals surface area contributed by atoms with Crippen LogP contribution in [0.2, 0.25) is 0 Å². The maximum atomic E-state index is 12.9. The van der Waals surface area contributed by atoms with E-state index in [-0.39, 0.29) is 24.2 Å². The Morgan fingerprint density at radius 2 is 1.78 bits per heavy atom. The van der Waals surface area contributed by atoms with Crippen molar-refractivity contribution < 1.29 is 14.0 Å². The summed E-state index contributed by atoms with van der Waals surface area (Å²) in [7, 11) is 0. The third-order valence-electron chi connectivity index (χ3n) is 4.29. The average Bonchev–Trinajstić information content (AvgIpc) is 2.66. The van der Waals surface area contributed by atoms with Crippen molar-refractivity contribution in [3.05, 3.63) is 65.5 Å². The van der Waals surface area contributed by atoms with Crippen LogP contribution in [0.5, 0.6) is 0 Å². The summed E-state index contributed by atoms with van der Waals surface area (Å²) in [5, 5.41) is 5.98. The minimum Gasteiger partial charge on any atom is -0.376 e. The summed E-state index contributed by atoms with van der Waals surface area (Å²) in [4.78, 5) is 25.4. The maximum Gasteiger partial charge on any atom is 0.239 e. The third-order valence-corrected chi connectivity index (χ3v) is 4.29. The quantitative estimate of drug-likeness (QED) is 0.712. The number of nitrogens with zero attached hydrogens (tertiary/aromatic N) is 1. The number of carbonyl (C=O) groups is 2. The van der Waals surface area contributed by atoms with Gasteiger partial charge in [0.1, 0.15) is 5.82 Å². The summed E-state index contributed by atoms with van der Waals surface area (Å²) in [6.07, 6.45) is 0.646. The number of amides is 2. The van der Waals surface area contributed by atoms with Gasteiger partial charge in [-0.2, -0.15) is 0 Å². The Kier molecular flexibility index (Phi) is 7.79. The highest BCUT2D eigenvalue weighted by molar-refractivity contribution is 5.81. The zero-order chi connectivity index (χ0) is 19.6. The van der Waals surface area contributed by atoms with Crippen LogP contribution in [0.15, 0.2) is 48.5 Å². The molecule has 0 spiro atoms. The summed E-state index contributed by atoms with van der Waals surface area (Å²) in [6, 6.07) is 13.9. The van der Waals surface area contributed by atoms with Crippen LogP contribution in [0.3, 0.4) is 0 Å². The summed E-state index contributed by atoms with van der Waals surface area (Å²) in [5.74, 6) is -0.367. The Morgan fingerprint density at radius 1 is 1.07 bits per heavy atom. The average molecular weight is 371 g/mol. The third kappa shape index (κ3) is 6.73. The van der Waals surface area contributed by atoms with E-state index in [0.717, 1.165) is 16.8 Å². The Bertz CT molecular complexity index is 762. The predicted octanol–water partition coefficient (Wildman–Crippen LogP) is 2.96. The van der Waals surface area contributed by atoms with Crippen LogP contribution in [0, 0.1) is 5.82 Å². The van der Waals surface area contributed by atoms with Gasteiger partial charge in [-0.3, -0.25) is 9.59 Å². The molecule has 2 amide bonds. The molecule has 0 saturated carbocycles. The minimum atomic E-state index is -0.267. The van der Waals surface area contributed by atoms with Crippen LogP contribution in [-0.4, -0.2) is 36.3 Å². The Morgan fingerprint density at radius 3 is 2.44 bits per heavy atom. The Balaban J connectivity index is 1.82. The van der Waals surface area contributed by atoms with Gasteiger partial charge < -0.3 is 15.5 Å². The number of halogens is 1. The second kappa shape index (κ2) is 10.3. The summed E-state index contributed by atoms with van der Waals surface area (Å²) < 4.78 is 12.9. The molecule has 0 bridgehead atoms. The van der Waals surface area contributed by atoms with Crippen LogP contribution >= 0.6 is 0 Å². The van der Waals surface area contributed by atoms with Crippen molar-refractivity contribution in [2.75, 3.05) is 25.0 Å². The first kappa shape index (κ1) is 20.4. The lowest BCUT2D eigenvalue weighted by Gasteiger charge is -2.21. The molecule has 0 aliphatic heterocycles. The molecular weight excluding hydrogens is 345 g/mol. The van der Waals surface area contributed by atoms with Gasteiger partial charge in [0.2, 0.25) is 11.8 Å². The first-order valence-electron chi connectivity index (χ1n) is 9.08. The molecule has 2 N–H and O–H groups in total. The van der Waals surface area contributed by atoms with Gasteiger partial charge in [0, 0.05) is 32.2 Å². The second-order valence-electron chi connectivity index (χ2n) is 6.27. The molecule has 2 aromatic carbocycles. The maximum absolute atomic E-state index is 12.9. The SMILES string of the molecule is CCN(Cc1ccccc1NCC(=O)NCCc1ccc(F)cc1)C(C)=O. The molecule has 0 aliphatic rings. The van der Waals surface area contributed by atoms with Crippen LogP contribution in [-0.2, 0) is 22.6 Å². The zero-order valence-electron chi connectivity index (χ0n) is 15.8. The molecular formula is C21H26FN3O2. The molecule has 0 aliphatic carbocycles. The Labute approximate surface area is 159 Å². The van der Waals surface area contributed by atoms with E-state index in [0.29, 0.717) is 26.1 Å². The van der Waals surface area contributed by atoms with Gasteiger partial charge in [0.15, 0.2) is 0 Å². The van der Waals surface area contributed by atoms with E-state index in [1.807, 2.05) is 31.2 Å². The number of benzene rings is 2. The number of para-hydroxylation sites is 1. The van der Waals surface area contributed by atoms with Gasteiger partial charge in [0.25, 0.3) is 0 Å². The largest absolute Gasteiger partial charge is 0.376 e. The molecule has 5 nitrogen and oxygen atoms in total. The molecule has 0 unspecified atom stereocenters. The fraction of sp³-hybridized carbons (Fsp3) is 0.333. The lowest BCUT2D eigenvalue weighted by molar-refractivity contribution is -0.129. The van der Waals surface area contributed by atoms with E-state index < -0.39 is 0 Å². The molecule has 0 atom stereocenters. The number of anilines is 1. The molecule has 0 fully saturated rings. The van der Waals surface area contributed by atoms with Crippen molar-refractivity contribution >= 4 is 17.5 Å². The molecule has 0 saturated heterocycles. The topological polar surface area (TPSA) is 61.4 Å². The highest BCUT2D eigenvalue weighted by Gasteiger charge is 2.10. The minimum absolute atomic E-state index is 0.0193. The molecule has 0 radical (unpaired) electrons. The summed E-state index contributed by atoms with van der Waals surface area (Å²) in [6.45, 7) is 5.25. The van der Waals surface area contributed by atoms with Crippen molar-refractivity contribution in [2.45, 2.75) is 26.8 Å². The molecule has 2 aromatic rings. The van der Waals surface area contributed by atoms with E-state index in [1.165, 1.54) is 12.1 Å². The smallest absolute Gasteiger partial charge is 0.239 e. The van der Waals surface area contributed by atoms with Gasteiger partial charge in [-0.25, -0.2) is 4.39 Å². The number of hydrogen-bond donors (Lipinski definition) is 2. The first-order valence-corrected chi connectivity index (χ1v) is 9.08. The molecule has 2 rings (SSSR count). The van der Waals surface area contributed by atoms with Crippen molar-refractivity contribution in [1.29, 1.82) is 0 Å².